The molecule has 104 valence electrons. The Morgan fingerprint density at radius 3 is 2.70 bits per heavy atom. The molecule has 0 radical (unpaired) electrons. The van der Waals surface area contributed by atoms with E-state index >= 15 is 0 Å². The van der Waals surface area contributed by atoms with Crippen molar-refractivity contribution in [2.24, 2.45) is 0 Å². The van der Waals surface area contributed by atoms with Gasteiger partial charge in [-0.25, -0.2) is 9.18 Å². The molecule has 0 spiro atoms. The van der Waals surface area contributed by atoms with Crippen molar-refractivity contribution >= 4 is 17.6 Å². The monoisotopic (exact) mass is 295 g/mol. The number of halogens is 2. The van der Waals surface area contributed by atoms with Crippen LogP contribution in [0.5, 0.6) is 0 Å². The lowest BCUT2D eigenvalue weighted by Gasteiger charge is -2.12. The highest BCUT2D eigenvalue weighted by atomic mass is 35.5. The fourth-order valence-electron chi connectivity index (χ4n) is 1.87. The summed E-state index contributed by atoms with van der Waals surface area (Å²) < 4.78 is 15.1. The van der Waals surface area contributed by atoms with Gasteiger partial charge in [-0.15, -0.1) is 0 Å². The predicted molar refractivity (Wildman–Crippen MR) is 72.9 cm³/mol. The number of carboxylic acids is 1. The molecule has 0 fully saturated rings. The molecule has 0 atom stereocenters. The Kier molecular flexibility index (Phi) is 3.90. The van der Waals surface area contributed by atoms with Crippen LogP contribution in [0.15, 0.2) is 35.1 Å². The third kappa shape index (κ3) is 2.58. The van der Waals surface area contributed by atoms with E-state index < -0.39 is 17.3 Å². The normalized spacial score (nSPS) is 10.6. The van der Waals surface area contributed by atoms with Gasteiger partial charge in [0, 0.05) is 11.3 Å². The summed E-state index contributed by atoms with van der Waals surface area (Å²) >= 11 is 5.68. The van der Waals surface area contributed by atoms with Gasteiger partial charge in [-0.2, -0.15) is 0 Å². The molecular formula is C14H11ClFNO3. The van der Waals surface area contributed by atoms with Crippen LogP contribution in [0, 0.1) is 12.7 Å². The van der Waals surface area contributed by atoms with Crippen LogP contribution in [-0.4, -0.2) is 15.6 Å². The van der Waals surface area contributed by atoms with Gasteiger partial charge >= 0.3 is 5.97 Å². The molecule has 0 aliphatic rings. The van der Waals surface area contributed by atoms with E-state index in [1.807, 2.05) is 0 Å². The van der Waals surface area contributed by atoms with Crippen LogP contribution in [0.3, 0.4) is 0 Å². The van der Waals surface area contributed by atoms with Gasteiger partial charge in [-0.05, 0) is 25.1 Å². The van der Waals surface area contributed by atoms with E-state index in [1.54, 1.807) is 13.0 Å². The zero-order valence-corrected chi connectivity index (χ0v) is 11.3. The van der Waals surface area contributed by atoms with Crippen molar-refractivity contribution in [3.05, 3.63) is 68.3 Å². The Labute approximate surface area is 119 Å². The van der Waals surface area contributed by atoms with E-state index in [4.69, 9.17) is 16.7 Å². The first kappa shape index (κ1) is 14.3. The average molecular weight is 296 g/mol. The van der Waals surface area contributed by atoms with Crippen molar-refractivity contribution in [1.29, 1.82) is 0 Å². The summed E-state index contributed by atoms with van der Waals surface area (Å²) in [4.78, 5) is 23.0. The summed E-state index contributed by atoms with van der Waals surface area (Å²) in [5.74, 6) is -1.92. The molecule has 1 heterocycles. The highest BCUT2D eigenvalue weighted by Crippen LogP contribution is 2.18. The number of nitrogens with zero attached hydrogens (tertiary/aromatic N) is 1. The van der Waals surface area contributed by atoms with Gasteiger partial charge in [-0.3, -0.25) is 4.79 Å². The molecule has 0 saturated carbocycles. The van der Waals surface area contributed by atoms with Crippen molar-refractivity contribution < 1.29 is 14.3 Å². The van der Waals surface area contributed by atoms with E-state index in [1.165, 1.54) is 28.8 Å². The summed E-state index contributed by atoms with van der Waals surface area (Å²) in [6.45, 7) is 1.58. The predicted octanol–water partition coefficient (Wildman–Crippen LogP) is 2.70. The molecule has 2 rings (SSSR count). The molecular weight excluding hydrogens is 285 g/mol. The smallest absolute Gasteiger partial charge is 0.341 e. The van der Waals surface area contributed by atoms with E-state index in [-0.39, 0.29) is 22.7 Å². The lowest BCUT2D eigenvalue weighted by molar-refractivity contribution is 0.0694. The summed E-state index contributed by atoms with van der Waals surface area (Å²) in [5, 5.41) is 8.90. The molecule has 0 unspecified atom stereocenters. The molecule has 0 aliphatic heterocycles. The SMILES string of the molecule is Cc1ccc(C(=O)O)c(=O)n1Cc1cccc(Cl)c1F. The van der Waals surface area contributed by atoms with Gasteiger partial charge in [0.15, 0.2) is 0 Å². The van der Waals surface area contributed by atoms with E-state index in [2.05, 4.69) is 0 Å². The van der Waals surface area contributed by atoms with Gasteiger partial charge in [-0.1, -0.05) is 23.7 Å². The minimum atomic E-state index is -1.31. The maximum Gasteiger partial charge on any atom is 0.341 e. The number of benzene rings is 1. The standard InChI is InChI=1S/C14H11ClFNO3/c1-8-5-6-10(14(19)20)13(18)17(8)7-9-3-2-4-11(15)12(9)16/h2-6H,7H2,1H3,(H,19,20). The maximum atomic E-state index is 13.8. The second-order valence-electron chi connectivity index (χ2n) is 4.30. The summed E-state index contributed by atoms with van der Waals surface area (Å²) in [5.41, 5.74) is -0.250. The molecule has 20 heavy (non-hydrogen) atoms. The highest BCUT2D eigenvalue weighted by Gasteiger charge is 2.14. The molecule has 0 bridgehead atoms. The number of hydrogen-bond acceptors (Lipinski definition) is 2. The minimum Gasteiger partial charge on any atom is -0.477 e. The summed E-state index contributed by atoms with van der Waals surface area (Å²) in [7, 11) is 0. The fraction of sp³-hybridized carbons (Fsp3) is 0.143. The molecule has 0 amide bonds. The van der Waals surface area contributed by atoms with E-state index in [0.29, 0.717) is 5.69 Å². The topological polar surface area (TPSA) is 59.3 Å². The van der Waals surface area contributed by atoms with Crippen LogP contribution in [0.2, 0.25) is 5.02 Å². The van der Waals surface area contributed by atoms with E-state index in [0.717, 1.165) is 0 Å². The number of hydrogen-bond donors (Lipinski definition) is 1. The first-order valence-corrected chi connectivity index (χ1v) is 6.16. The second-order valence-corrected chi connectivity index (χ2v) is 4.70. The molecule has 0 aliphatic carbocycles. The lowest BCUT2D eigenvalue weighted by Crippen LogP contribution is -2.28. The number of carboxylic acid groups (broad SMARTS) is 1. The molecule has 0 saturated heterocycles. The molecule has 1 aromatic heterocycles. The van der Waals surface area contributed by atoms with Crippen LogP contribution in [0.1, 0.15) is 21.6 Å². The number of aromatic nitrogens is 1. The Bertz CT molecular complexity index is 740. The van der Waals surface area contributed by atoms with Gasteiger partial charge in [0.05, 0.1) is 11.6 Å². The number of aryl methyl sites for hydroxylation is 1. The summed E-state index contributed by atoms with van der Waals surface area (Å²) in [6.07, 6.45) is 0. The number of carbonyl (C=O) groups is 1. The molecule has 4 nitrogen and oxygen atoms in total. The summed E-state index contributed by atoms with van der Waals surface area (Å²) in [6, 6.07) is 7.23. The average Bonchev–Trinajstić information content (AvgIpc) is 2.38. The molecule has 1 aromatic carbocycles. The van der Waals surface area contributed by atoms with Gasteiger partial charge < -0.3 is 9.67 Å². The number of aromatic carboxylic acids is 1. The Morgan fingerprint density at radius 2 is 2.05 bits per heavy atom. The van der Waals surface area contributed by atoms with Crippen LogP contribution in [0.25, 0.3) is 0 Å². The van der Waals surface area contributed by atoms with E-state index in [9.17, 15) is 14.0 Å². The van der Waals surface area contributed by atoms with Crippen molar-refractivity contribution in [2.75, 3.05) is 0 Å². The highest BCUT2D eigenvalue weighted by molar-refractivity contribution is 6.30. The number of pyridine rings is 1. The lowest BCUT2D eigenvalue weighted by atomic mass is 10.2. The van der Waals surface area contributed by atoms with Crippen molar-refractivity contribution in [1.82, 2.24) is 4.57 Å². The van der Waals surface area contributed by atoms with Crippen molar-refractivity contribution in [3.63, 3.8) is 0 Å². The largest absolute Gasteiger partial charge is 0.477 e. The van der Waals surface area contributed by atoms with Crippen molar-refractivity contribution in [3.8, 4) is 0 Å². The van der Waals surface area contributed by atoms with Crippen LogP contribution in [0.4, 0.5) is 4.39 Å². The van der Waals surface area contributed by atoms with Gasteiger partial charge in [0.25, 0.3) is 5.56 Å². The molecule has 6 heteroatoms. The second kappa shape index (κ2) is 5.46. The first-order chi connectivity index (χ1) is 9.41. The minimum absolute atomic E-state index is 0.0393. The van der Waals surface area contributed by atoms with Crippen molar-refractivity contribution in [2.45, 2.75) is 13.5 Å². The van der Waals surface area contributed by atoms with Crippen LogP contribution in [-0.2, 0) is 6.54 Å². The third-order valence-corrected chi connectivity index (χ3v) is 3.27. The Hall–Kier alpha value is -2.14. The maximum absolute atomic E-state index is 13.8. The zero-order valence-electron chi connectivity index (χ0n) is 10.6. The first-order valence-electron chi connectivity index (χ1n) is 5.78. The van der Waals surface area contributed by atoms with Crippen LogP contribution >= 0.6 is 11.6 Å². The van der Waals surface area contributed by atoms with Crippen LogP contribution < -0.4 is 5.56 Å². The van der Waals surface area contributed by atoms with Gasteiger partial charge in [0.2, 0.25) is 0 Å². The zero-order chi connectivity index (χ0) is 14.9. The third-order valence-electron chi connectivity index (χ3n) is 2.98. The quantitative estimate of drug-likeness (QED) is 0.947. The Balaban J connectivity index is 2.54. The molecule has 1 N–H and O–H groups in total. The molecule has 2 aromatic rings. The number of rotatable bonds is 3. The fourth-order valence-corrected chi connectivity index (χ4v) is 2.07. The Morgan fingerprint density at radius 1 is 1.35 bits per heavy atom. The van der Waals surface area contributed by atoms with Gasteiger partial charge in [0.1, 0.15) is 11.4 Å².